The number of methoxy groups -OCH3 is 1. The van der Waals surface area contributed by atoms with Crippen molar-refractivity contribution in [1.82, 2.24) is 4.31 Å². The van der Waals surface area contributed by atoms with Crippen LogP contribution in [-0.4, -0.2) is 39.5 Å². The van der Waals surface area contributed by atoms with Crippen LogP contribution in [0, 0.1) is 12.8 Å². The first-order valence-electron chi connectivity index (χ1n) is 6.84. The van der Waals surface area contributed by atoms with Crippen LogP contribution >= 0.6 is 0 Å². The highest BCUT2D eigenvalue weighted by Crippen LogP contribution is 2.26. The van der Waals surface area contributed by atoms with Gasteiger partial charge in [-0.05, 0) is 56.0 Å². The third-order valence-electron chi connectivity index (χ3n) is 3.91. The van der Waals surface area contributed by atoms with Crippen molar-refractivity contribution in [2.24, 2.45) is 11.7 Å². The molecule has 1 heterocycles. The van der Waals surface area contributed by atoms with E-state index in [0.29, 0.717) is 36.2 Å². The predicted octanol–water partition coefficient (Wildman–Crippen LogP) is 1.36. The Morgan fingerprint density at radius 2 is 2.00 bits per heavy atom. The molecule has 112 valence electrons. The van der Waals surface area contributed by atoms with Crippen LogP contribution in [0.2, 0.25) is 0 Å². The normalized spacial score (nSPS) is 18.1. The number of ether oxygens (including phenoxy) is 1. The molecule has 0 aromatic heterocycles. The van der Waals surface area contributed by atoms with Gasteiger partial charge in [0, 0.05) is 13.1 Å². The van der Waals surface area contributed by atoms with Gasteiger partial charge in [0.05, 0.1) is 12.0 Å². The van der Waals surface area contributed by atoms with Gasteiger partial charge in [0.15, 0.2) is 0 Å². The third kappa shape index (κ3) is 2.97. The van der Waals surface area contributed by atoms with Crippen molar-refractivity contribution in [2.45, 2.75) is 24.7 Å². The average molecular weight is 298 g/mol. The molecular weight excluding hydrogens is 276 g/mol. The molecule has 0 radical (unpaired) electrons. The number of sulfonamides is 1. The molecule has 1 fully saturated rings. The second kappa shape index (κ2) is 6.11. The molecule has 6 heteroatoms. The molecule has 1 aromatic rings. The Labute approximate surface area is 120 Å². The third-order valence-corrected chi connectivity index (χ3v) is 5.81. The van der Waals surface area contributed by atoms with Gasteiger partial charge in [-0.15, -0.1) is 0 Å². The molecular formula is C14H22N2O3S. The Hall–Kier alpha value is -1.11. The van der Waals surface area contributed by atoms with Crippen LogP contribution in [0.25, 0.3) is 0 Å². The maximum atomic E-state index is 12.6. The first-order chi connectivity index (χ1) is 9.48. The van der Waals surface area contributed by atoms with Gasteiger partial charge in [0.1, 0.15) is 5.75 Å². The quantitative estimate of drug-likeness (QED) is 0.911. The fraction of sp³-hybridized carbons (Fsp3) is 0.571. The van der Waals surface area contributed by atoms with Crippen molar-refractivity contribution >= 4 is 10.0 Å². The van der Waals surface area contributed by atoms with E-state index < -0.39 is 10.0 Å². The fourth-order valence-corrected chi connectivity index (χ4v) is 4.10. The zero-order chi connectivity index (χ0) is 14.8. The molecule has 2 rings (SSSR count). The zero-order valence-corrected chi connectivity index (χ0v) is 12.8. The van der Waals surface area contributed by atoms with Gasteiger partial charge in [-0.25, -0.2) is 8.42 Å². The number of rotatable bonds is 4. The van der Waals surface area contributed by atoms with E-state index in [0.717, 1.165) is 18.4 Å². The summed E-state index contributed by atoms with van der Waals surface area (Å²) in [6, 6.07) is 4.98. The van der Waals surface area contributed by atoms with Crippen molar-refractivity contribution in [3.05, 3.63) is 23.8 Å². The highest BCUT2D eigenvalue weighted by molar-refractivity contribution is 7.89. The van der Waals surface area contributed by atoms with Crippen molar-refractivity contribution in [2.75, 3.05) is 26.7 Å². The maximum Gasteiger partial charge on any atom is 0.243 e. The van der Waals surface area contributed by atoms with Crippen LogP contribution in [0.15, 0.2) is 23.1 Å². The highest BCUT2D eigenvalue weighted by Gasteiger charge is 2.29. The average Bonchev–Trinajstić information content (AvgIpc) is 2.47. The van der Waals surface area contributed by atoms with Crippen LogP contribution in [0.5, 0.6) is 5.75 Å². The van der Waals surface area contributed by atoms with Crippen LogP contribution in [0.1, 0.15) is 18.4 Å². The van der Waals surface area contributed by atoms with E-state index in [1.807, 2.05) is 6.92 Å². The minimum absolute atomic E-state index is 0.335. The lowest BCUT2D eigenvalue weighted by Crippen LogP contribution is -2.40. The Morgan fingerprint density at radius 3 is 2.50 bits per heavy atom. The highest BCUT2D eigenvalue weighted by atomic mass is 32.2. The van der Waals surface area contributed by atoms with Gasteiger partial charge in [0.2, 0.25) is 10.0 Å². The fourth-order valence-electron chi connectivity index (χ4n) is 2.55. The van der Waals surface area contributed by atoms with E-state index in [-0.39, 0.29) is 0 Å². The topological polar surface area (TPSA) is 72.6 Å². The van der Waals surface area contributed by atoms with Gasteiger partial charge in [-0.3, -0.25) is 0 Å². The first kappa shape index (κ1) is 15.3. The molecule has 0 amide bonds. The molecule has 0 bridgehead atoms. The Morgan fingerprint density at radius 1 is 1.35 bits per heavy atom. The lowest BCUT2D eigenvalue weighted by molar-refractivity contribution is 0.278. The maximum absolute atomic E-state index is 12.6. The van der Waals surface area contributed by atoms with Gasteiger partial charge in [0.25, 0.3) is 0 Å². The summed E-state index contributed by atoms with van der Waals surface area (Å²) in [6.07, 6.45) is 1.68. The number of aryl methyl sites for hydroxylation is 1. The lowest BCUT2D eigenvalue weighted by Gasteiger charge is -2.30. The number of benzene rings is 1. The Kier molecular flexibility index (Phi) is 4.67. The summed E-state index contributed by atoms with van der Waals surface area (Å²) in [7, 11) is -1.83. The molecule has 0 spiro atoms. The summed E-state index contributed by atoms with van der Waals surface area (Å²) in [5.41, 5.74) is 6.46. The summed E-state index contributed by atoms with van der Waals surface area (Å²) >= 11 is 0. The molecule has 1 aliphatic heterocycles. The molecule has 0 atom stereocenters. The SMILES string of the molecule is COc1ccc(S(=O)(=O)N2CCC(CN)CC2)cc1C. The van der Waals surface area contributed by atoms with Crippen molar-refractivity contribution in [3.63, 3.8) is 0 Å². The van der Waals surface area contributed by atoms with Gasteiger partial charge in [-0.2, -0.15) is 4.31 Å². The van der Waals surface area contributed by atoms with Crippen LogP contribution in [0.3, 0.4) is 0 Å². The second-order valence-electron chi connectivity index (χ2n) is 5.21. The smallest absolute Gasteiger partial charge is 0.243 e. The molecule has 1 saturated heterocycles. The minimum atomic E-state index is -3.40. The predicted molar refractivity (Wildman–Crippen MR) is 78.3 cm³/mol. The second-order valence-corrected chi connectivity index (χ2v) is 7.15. The summed E-state index contributed by atoms with van der Waals surface area (Å²) in [5, 5.41) is 0. The van der Waals surface area contributed by atoms with Gasteiger partial charge >= 0.3 is 0 Å². The van der Waals surface area contributed by atoms with Crippen LogP contribution in [0.4, 0.5) is 0 Å². The molecule has 2 N–H and O–H groups in total. The molecule has 1 aliphatic rings. The van der Waals surface area contributed by atoms with Crippen molar-refractivity contribution in [1.29, 1.82) is 0 Å². The molecule has 5 nitrogen and oxygen atoms in total. The summed E-state index contributed by atoms with van der Waals surface area (Å²) in [6.45, 7) is 3.58. The van der Waals surface area contributed by atoms with E-state index in [4.69, 9.17) is 10.5 Å². The summed E-state index contributed by atoms with van der Waals surface area (Å²) in [5.74, 6) is 1.14. The molecule has 20 heavy (non-hydrogen) atoms. The van der Waals surface area contributed by atoms with Gasteiger partial charge in [-0.1, -0.05) is 0 Å². The Balaban J connectivity index is 2.20. The van der Waals surface area contributed by atoms with E-state index in [9.17, 15) is 8.42 Å². The van der Waals surface area contributed by atoms with Crippen LogP contribution < -0.4 is 10.5 Å². The summed E-state index contributed by atoms with van der Waals surface area (Å²) < 4.78 is 31.9. The summed E-state index contributed by atoms with van der Waals surface area (Å²) in [4.78, 5) is 0.335. The first-order valence-corrected chi connectivity index (χ1v) is 8.28. The number of nitrogens with two attached hydrogens (primary N) is 1. The van der Waals surface area contributed by atoms with E-state index in [1.165, 1.54) is 0 Å². The zero-order valence-electron chi connectivity index (χ0n) is 12.0. The van der Waals surface area contributed by atoms with E-state index in [1.54, 1.807) is 29.6 Å². The van der Waals surface area contributed by atoms with Crippen molar-refractivity contribution < 1.29 is 13.2 Å². The molecule has 0 saturated carbocycles. The van der Waals surface area contributed by atoms with Crippen LogP contribution in [-0.2, 0) is 10.0 Å². The number of hydrogen-bond acceptors (Lipinski definition) is 4. The van der Waals surface area contributed by atoms with E-state index >= 15 is 0 Å². The largest absolute Gasteiger partial charge is 0.496 e. The molecule has 0 aliphatic carbocycles. The Bertz CT molecular complexity index is 564. The molecule has 1 aromatic carbocycles. The minimum Gasteiger partial charge on any atom is -0.496 e. The standard InChI is InChI=1S/C14H22N2O3S/c1-11-9-13(3-4-14(11)19-2)20(17,18)16-7-5-12(10-15)6-8-16/h3-4,9,12H,5-8,10,15H2,1-2H3. The number of hydrogen-bond donors (Lipinski definition) is 1. The molecule has 0 unspecified atom stereocenters. The van der Waals surface area contributed by atoms with Crippen molar-refractivity contribution in [3.8, 4) is 5.75 Å². The monoisotopic (exact) mass is 298 g/mol. The van der Waals surface area contributed by atoms with Gasteiger partial charge < -0.3 is 10.5 Å². The lowest BCUT2D eigenvalue weighted by atomic mass is 9.99. The van der Waals surface area contributed by atoms with E-state index in [2.05, 4.69) is 0 Å². The number of piperidine rings is 1. The number of nitrogens with zero attached hydrogens (tertiary/aromatic N) is 1.